The average Bonchev–Trinajstić information content (AvgIpc) is 2.94. The lowest BCUT2D eigenvalue weighted by Crippen LogP contribution is -2.37. The molecule has 0 atom stereocenters. The molecule has 3 heterocycles. The Morgan fingerprint density at radius 2 is 1.96 bits per heavy atom. The van der Waals surface area contributed by atoms with Crippen molar-refractivity contribution in [2.24, 2.45) is 7.05 Å². The van der Waals surface area contributed by atoms with Gasteiger partial charge < -0.3 is 15.0 Å². The number of aromatic nitrogens is 3. The van der Waals surface area contributed by atoms with Crippen LogP contribution in [-0.2, 0) is 23.1 Å². The fourth-order valence-corrected chi connectivity index (χ4v) is 3.38. The maximum Gasteiger partial charge on any atom is 0.330 e. The first-order chi connectivity index (χ1) is 13.1. The van der Waals surface area contributed by atoms with Crippen molar-refractivity contribution >= 4 is 28.4 Å². The molecule has 1 aromatic carbocycles. The summed E-state index contributed by atoms with van der Waals surface area (Å²) in [5.74, 6) is -0.255. The molecule has 0 aliphatic carbocycles. The first kappa shape index (κ1) is 17.3. The van der Waals surface area contributed by atoms with E-state index in [0.29, 0.717) is 24.4 Å². The number of pyridine rings is 1. The molecule has 1 aliphatic heterocycles. The highest BCUT2D eigenvalue weighted by atomic mass is 16.5. The summed E-state index contributed by atoms with van der Waals surface area (Å²) in [5, 5.41) is 2.95. The van der Waals surface area contributed by atoms with Crippen molar-refractivity contribution < 1.29 is 9.53 Å². The third-order valence-corrected chi connectivity index (χ3v) is 4.72. The SMILES string of the molecule is Cn1c(=O)n(CC(=O)Nc2ccccc2N2CCOCC2)c2cccnc21. The Morgan fingerprint density at radius 1 is 1.19 bits per heavy atom. The molecule has 1 amide bonds. The smallest absolute Gasteiger partial charge is 0.330 e. The number of amides is 1. The van der Waals surface area contributed by atoms with Gasteiger partial charge in [0.2, 0.25) is 5.91 Å². The number of nitrogens with one attached hydrogen (secondary N) is 1. The fourth-order valence-electron chi connectivity index (χ4n) is 3.38. The number of nitrogens with zero attached hydrogens (tertiary/aromatic N) is 4. The number of benzene rings is 1. The van der Waals surface area contributed by atoms with Crippen LogP contribution in [0.3, 0.4) is 0 Å². The van der Waals surface area contributed by atoms with Gasteiger partial charge in [-0.1, -0.05) is 12.1 Å². The van der Waals surface area contributed by atoms with Crippen molar-refractivity contribution in [3.05, 3.63) is 53.1 Å². The minimum atomic E-state index is -0.264. The van der Waals surface area contributed by atoms with Crippen LogP contribution in [0.4, 0.5) is 11.4 Å². The van der Waals surface area contributed by atoms with Gasteiger partial charge in [-0.15, -0.1) is 0 Å². The van der Waals surface area contributed by atoms with E-state index in [1.54, 1.807) is 25.4 Å². The third-order valence-electron chi connectivity index (χ3n) is 4.72. The summed E-state index contributed by atoms with van der Waals surface area (Å²) >= 11 is 0. The van der Waals surface area contributed by atoms with E-state index in [9.17, 15) is 9.59 Å². The second kappa shape index (κ2) is 7.24. The molecule has 4 rings (SSSR count). The van der Waals surface area contributed by atoms with Gasteiger partial charge in [-0.05, 0) is 24.3 Å². The zero-order valence-electron chi connectivity index (χ0n) is 15.1. The minimum Gasteiger partial charge on any atom is -0.378 e. The van der Waals surface area contributed by atoms with Gasteiger partial charge in [0.15, 0.2) is 5.65 Å². The zero-order chi connectivity index (χ0) is 18.8. The molecule has 8 nitrogen and oxygen atoms in total. The first-order valence-electron chi connectivity index (χ1n) is 8.87. The summed E-state index contributed by atoms with van der Waals surface area (Å²) in [6, 6.07) is 11.2. The molecular weight excluding hydrogens is 346 g/mol. The van der Waals surface area contributed by atoms with Crippen molar-refractivity contribution in [1.29, 1.82) is 0 Å². The van der Waals surface area contributed by atoms with Crippen LogP contribution in [0.2, 0.25) is 0 Å². The van der Waals surface area contributed by atoms with Crippen LogP contribution in [0.5, 0.6) is 0 Å². The van der Waals surface area contributed by atoms with Gasteiger partial charge in [0.05, 0.1) is 30.1 Å². The number of hydrogen-bond acceptors (Lipinski definition) is 5. The normalized spacial score (nSPS) is 14.5. The quantitative estimate of drug-likeness (QED) is 0.750. The molecule has 0 radical (unpaired) electrons. The summed E-state index contributed by atoms with van der Waals surface area (Å²) < 4.78 is 8.29. The standard InChI is InChI=1S/C19H21N5O3/c1-22-18-16(7-4-8-20-18)24(19(22)26)13-17(25)21-14-5-2-3-6-15(14)23-9-11-27-12-10-23/h2-8H,9-13H2,1H3,(H,21,25). The van der Waals surface area contributed by atoms with Crippen molar-refractivity contribution in [2.75, 3.05) is 36.5 Å². The molecule has 0 bridgehead atoms. The maximum absolute atomic E-state index is 12.7. The number of fused-ring (bicyclic) bond motifs is 1. The predicted molar refractivity (Wildman–Crippen MR) is 103 cm³/mol. The summed E-state index contributed by atoms with van der Waals surface area (Å²) in [7, 11) is 1.65. The highest BCUT2D eigenvalue weighted by Gasteiger charge is 2.18. The molecule has 1 saturated heterocycles. The van der Waals surface area contributed by atoms with Gasteiger partial charge in [0, 0.05) is 26.3 Å². The van der Waals surface area contributed by atoms with E-state index < -0.39 is 0 Å². The van der Waals surface area contributed by atoms with Crippen molar-refractivity contribution in [3.8, 4) is 0 Å². The Bertz CT molecular complexity index is 1030. The summed E-state index contributed by atoms with van der Waals surface area (Å²) in [5.41, 5.74) is 2.63. The molecule has 0 unspecified atom stereocenters. The number of carbonyl (C=O) groups excluding carboxylic acids is 1. The fraction of sp³-hybridized carbons (Fsp3) is 0.316. The number of rotatable bonds is 4. The molecular formula is C19H21N5O3. The van der Waals surface area contributed by atoms with Gasteiger partial charge in [-0.3, -0.25) is 13.9 Å². The monoisotopic (exact) mass is 367 g/mol. The van der Waals surface area contributed by atoms with E-state index >= 15 is 0 Å². The van der Waals surface area contributed by atoms with Crippen molar-refractivity contribution in [2.45, 2.75) is 6.54 Å². The molecule has 8 heteroatoms. The Balaban J connectivity index is 1.58. The van der Waals surface area contributed by atoms with E-state index in [1.165, 1.54) is 9.13 Å². The lowest BCUT2D eigenvalue weighted by atomic mass is 10.2. The topological polar surface area (TPSA) is 81.4 Å². The maximum atomic E-state index is 12.7. The van der Waals surface area contributed by atoms with Crippen LogP contribution in [0, 0.1) is 0 Å². The molecule has 0 spiro atoms. The van der Waals surface area contributed by atoms with Crippen LogP contribution in [0.1, 0.15) is 0 Å². The summed E-state index contributed by atoms with van der Waals surface area (Å²) in [6.45, 7) is 2.82. The Labute approximate surface area is 156 Å². The molecule has 1 fully saturated rings. The number of carbonyl (C=O) groups is 1. The van der Waals surface area contributed by atoms with Crippen LogP contribution < -0.4 is 15.9 Å². The van der Waals surface area contributed by atoms with Crippen LogP contribution in [-0.4, -0.2) is 46.3 Å². The van der Waals surface area contributed by atoms with Gasteiger partial charge in [0.25, 0.3) is 0 Å². The van der Waals surface area contributed by atoms with Gasteiger partial charge in [0.1, 0.15) is 6.54 Å². The second-order valence-corrected chi connectivity index (χ2v) is 6.44. The summed E-state index contributed by atoms with van der Waals surface area (Å²) in [6.07, 6.45) is 1.63. The molecule has 140 valence electrons. The molecule has 1 aliphatic rings. The molecule has 2 aromatic heterocycles. The number of aryl methyl sites for hydroxylation is 1. The van der Waals surface area contributed by atoms with Crippen molar-refractivity contribution in [1.82, 2.24) is 14.1 Å². The first-order valence-corrected chi connectivity index (χ1v) is 8.87. The highest BCUT2D eigenvalue weighted by molar-refractivity contribution is 5.94. The van der Waals surface area contributed by atoms with Gasteiger partial charge >= 0.3 is 5.69 Å². The lowest BCUT2D eigenvalue weighted by Gasteiger charge is -2.30. The van der Waals surface area contributed by atoms with Gasteiger partial charge in [-0.2, -0.15) is 0 Å². The van der Waals surface area contributed by atoms with Gasteiger partial charge in [-0.25, -0.2) is 9.78 Å². The van der Waals surface area contributed by atoms with E-state index in [1.807, 2.05) is 24.3 Å². The third kappa shape index (κ3) is 3.31. The second-order valence-electron chi connectivity index (χ2n) is 6.44. The number of anilines is 2. The molecule has 27 heavy (non-hydrogen) atoms. The molecule has 1 N–H and O–H groups in total. The predicted octanol–water partition coefficient (Wildman–Crippen LogP) is 1.21. The largest absolute Gasteiger partial charge is 0.378 e. The van der Waals surface area contributed by atoms with Crippen LogP contribution in [0.15, 0.2) is 47.4 Å². The highest BCUT2D eigenvalue weighted by Crippen LogP contribution is 2.26. The van der Waals surface area contributed by atoms with Crippen molar-refractivity contribution in [3.63, 3.8) is 0 Å². The Hall–Kier alpha value is -3.13. The molecule has 0 saturated carbocycles. The van der Waals surface area contributed by atoms with E-state index in [0.717, 1.165) is 24.5 Å². The summed E-state index contributed by atoms with van der Waals surface area (Å²) in [4.78, 5) is 31.6. The van der Waals surface area contributed by atoms with E-state index in [4.69, 9.17) is 4.74 Å². The van der Waals surface area contributed by atoms with E-state index in [2.05, 4.69) is 15.2 Å². The van der Waals surface area contributed by atoms with E-state index in [-0.39, 0.29) is 18.1 Å². The number of para-hydroxylation sites is 2. The lowest BCUT2D eigenvalue weighted by molar-refractivity contribution is -0.116. The van der Waals surface area contributed by atoms with Crippen LogP contribution >= 0.6 is 0 Å². The number of ether oxygens (including phenoxy) is 1. The average molecular weight is 367 g/mol. The minimum absolute atomic E-state index is 0.0701. The zero-order valence-corrected chi connectivity index (χ0v) is 15.1. The Kier molecular flexibility index (Phi) is 4.64. The number of hydrogen-bond donors (Lipinski definition) is 1. The molecule has 3 aromatic rings. The number of morpholine rings is 1. The van der Waals surface area contributed by atoms with Crippen LogP contribution in [0.25, 0.3) is 11.2 Å². The number of imidazole rings is 1. The Morgan fingerprint density at radius 3 is 2.78 bits per heavy atom.